The normalized spacial score (nSPS) is 15.7. The van der Waals surface area contributed by atoms with Crippen LogP contribution in [0.15, 0.2) is 42.7 Å². The Bertz CT molecular complexity index is 577. The van der Waals surface area contributed by atoms with Crippen LogP contribution in [0.3, 0.4) is 0 Å². The van der Waals surface area contributed by atoms with Crippen molar-refractivity contribution in [3.63, 3.8) is 0 Å². The summed E-state index contributed by atoms with van der Waals surface area (Å²) in [5.74, 6) is 0.700. The van der Waals surface area contributed by atoms with Crippen molar-refractivity contribution in [2.24, 2.45) is 0 Å². The number of aromatic nitrogens is 2. The van der Waals surface area contributed by atoms with Crippen molar-refractivity contribution in [1.29, 1.82) is 0 Å². The molecule has 2 aromatic rings. The molecule has 1 aromatic carbocycles. The number of aldehydes is 1. The van der Waals surface area contributed by atoms with E-state index in [2.05, 4.69) is 20.2 Å². The van der Waals surface area contributed by atoms with Crippen molar-refractivity contribution < 1.29 is 4.79 Å². The Kier molecular flexibility index (Phi) is 4.09. The third kappa shape index (κ3) is 3.37. The second-order valence-electron chi connectivity index (χ2n) is 5.19. The zero-order valence-corrected chi connectivity index (χ0v) is 11.8. The molecule has 1 aromatic heterocycles. The lowest BCUT2D eigenvalue weighted by atomic mass is 10.0. The molecule has 5 heteroatoms. The zero-order chi connectivity index (χ0) is 14.5. The van der Waals surface area contributed by atoms with Crippen molar-refractivity contribution in [3.8, 4) is 0 Å². The number of carbonyl (C=O) groups is 1. The largest absolute Gasteiger partial charge is 0.371 e. The Morgan fingerprint density at radius 2 is 1.76 bits per heavy atom. The molecule has 0 atom stereocenters. The maximum absolute atomic E-state index is 10.7. The van der Waals surface area contributed by atoms with E-state index in [-0.39, 0.29) is 0 Å². The van der Waals surface area contributed by atoms with Crippen LogP contribution in [0.5, 0.6) is 0 Å². The van der Waals surface area contributed by atoms with Crippen molar-refractivity contribution in [1.82, 2.24) is 9.97 Å². The average Bonchev–Trinajstić information content (AvgIpc) is 2.57. The summed E-state index contributed by atoms with van der Waals surface area (Å²) in [6.45, 7) is 1.98. The number of anilines is 2. The van der Waals surface area contributed by atoms with E-state index in [0.717, 1.165) is 37.8 Å². The van der Waals surface area contributed by atoms with E-state index in [1.54, 1.807) is 12.4 Å². The average molecular weight is 282 g/mol. The Morgan fingerprint density at radius 3 is 2.38 bits per heavy atom. The van der Waals surface area contributed by atoms with E-state index in [1.807, 2.05) is 30.3 Å². The molecular weight excluding hydrogens is 264 g/mol. The first-order valence-electron chi connectivity index (χ1n) is 7.19. The summed E-state index contributed by atoms with van der Waals surface area (Å²) in [5.41, 5.74) is 1.89. The number of nitrogens with one attached hydrogen (secondary N) is 1. The predicted molar refractivity (Wildman–Crippen MR) is 82.7 cm³/mol. The maximum Gasteiger partial charge on any atom is 0.222 e. The number of hydrogen-bond donors (Lipinski definition) is 1. The molecule has 1 saturated heterocycles. The molecule has 2 heterocycles. The summed E-state index contributed by atoms with van der Waals surface area (Å²) >= 11 is 0. The zero-order valence-electron chi connectivity index (χ0n) is 11.8. The van der Waals surface area contributed by atoms with Crippen LogP contribution in [-0.4, -0.2) is 35.4 Å². The van der Waals surface area contributed by atoms with E-state index in [9.17, 15) is 4.79 Å². The summed E-state index contributed by atoms with van der Waals surface area (Å²) in [5, 5.41) is 3.38. The SMILES string of the molecule is O=Cc1ccc(N2CCC(Nc3ncccn3)CC2)cc1. The first kappa shape index (κ1) is 13.5. The number of carbonyl (C=O) groups excluding carboxylic acids is 1. The first-order chi connectivity index (χ1) is 10.3. The van der Waals surface area contributed by atoms with Crippen LogP contribution in [-0.2, 0) is 0 Å². The van der Waals surface area contributed by atoms with E-state index >= 15 is 0 Å². The van der Waals surface area contributed by atoms with Crippen molar-refractivity contribution in [2.75, 3.05) is 23.3 Å². The number of hydrogen-bond acceptors (Lipinski definition) is 5. The van der Waals surface area contributed by atoms with Crippen LogP contribution in [0.2, 0.25) is 0 Å². The van der Waals surface area contributed by atoms with E-state index in [4.69, 9.17) is 0 Å². The summed E-state index contributed by atoms with van der Waals surface area (Å²) < 4.78 is 0. The molecule has 1 fully saturated rings. The van der Waals surface area contributed by atoms with Gasteiger partial charge in [0.15, 0.2) is 0 Å². The maximum atomic E-state index is 10.7. The molecule has 0 spiro atoms. The summed E-state index contributed by atoms with van der Waals surface area (Å²) in [6.07, 6.45) is 6.47. The molecule has 3 rings (SSSR count). The number of piperidine rings is 1. The molecule has 1 N–H and O–H groups in total. The lowest BCUT2D eigenvalue weighted by molar-refractivity contribution is 0.112. The van der Waals surface area contributed by atoms with Gasteiger partial charge in [0.05, 0.1) is 0 Å². The summed E-state index contributed by atoms with van der Waals surface area (Å²) in [6, 6.07) is 9.99. The van der Waals surface area contributed by atoms with E-state index < -0.39 is 0 Å². The minimum atomic E-state index is 0.415. The Labute approximate surface area is 124 Å². The van der Waals surface area contributed by atoms with Gasteiger partial charge in [-0.3, -0.25) is 4.79 Å². The Morgan fingerprint density at radius 1 is 1.10 bits per heavy atom. The highest BCUT2D eigenvalue weighted by molar-refractivity contribution is 5.75. The van der Waals surface area contributed by atoms with Crippen LogP contribution < -0.4 is 10.2 Å². The molecular formula is C16H18N4O. The van der Waals surface area contributed by atoms with Gasteiger partial charge in [-0.25, -0.2) is 9.97 Å². The highest BCUT2D eigenvalue weighted by Crippen LogP contribution is 2.21. The quantitative estimate of drug-likeness (QED) is 0.872. The van der Waals surface area contributed by atoms with Crippen LogP contribution in [0.4, 0.5) is 11.6 Å². The van der Waals surface area contributed by atoms with Gasteiger partial charge in [0.25, 0.3) is 0 Å². The van der Waals surface area contributed by atoms with Crippen LogP contribution >= 0.6 is 0 Å². The van der Waals surface area contributed by atoms with Crippen molar-refractivity contribution >= 4 is 17.9 Å². The fourth-order valence-electron chi connectivity index (χ4n) is 2.60. The van der Waals surface area contributed by atoms with E-state index in [0.29, 0.717) is 12.0 Å². The second kappa shape index (κ2) is 6.35. The predicted octanol–water partition coefficient (Wildman–Crippen LogP) is 2.37. The van der Waals surface area contributed by atoms with Gasteiger partial charge in [0.2, 0.25) is 5.95 Å². The summed E-state index contributed by atoms with van der Waals surface area (Å²) in [7, 11) is 0. The molecule has 21 heavy (non-hydrogen) atoms. The van der Waals surface area contributed by atoms with Gasteiger partial charge in [0.1, 0.15) is 6.29 Å². The fraction of sp³-hybridized carbons (Fsp3) is 0.312. The molecule has 108 valence electrons. The van der Waals surface area contributed by atoms with E-state index in [1.165, 1.54) is 5.69 Å². The lowest BCUT2D eigenvalue weighted by Gasteiger charge is -2.34. The molecule has 1 aliphatic rings. The van der Waals surface area contributed by atoms with Crippen LogP contribution in [0, 0.1) is 0 Å². The van der Waals surface area contributed by atoms with Gasteiger partial charge in [-0.05, 0) is 43.2 Å². The minimum absolute atomic E-state index is 0.415. The highest BCUT2D eigenvalue weighted by atomic mass is 16.1. The number of benzene rings is 1. The Hall–Kier alpha value is -2.43. The highest BCUT2D eigenvalue weighted by Gasteiger charge is 2.19. The monoisotopic (exact) mass is 282 g/mol. The molecule has 0 unspecified atom stereocenters. The fourth-order valence-corrected chi connectivity index (χ4v) is 2.60. The number of rotatable bonds is 4. The van der Waals surface area contributed by atoms with Gasteiger partial charge in [0, 0.05) is 42.8 Å². The minimum Gasteiger partial charge on any atom is -0.371 e. The molecule has 0 radical (unpaired) electrons. The molecule has 1 aliphatic heterocycles. The standard InChI is InChI=1S/C16H18N4O/c21-12-13-2-4-15(5-3-13)20-10-6-14(7-11-20)19-16-17-8-1-9-18-16/h1-5,8-9,12,14H,6-7,10-11H2,(H,17,18,19). The molecule has 0 bridgehead atoms. The van der Waals surface area contributed by atoms with Gasteiger partial charge in [-0.2, -0.15) is 0 Å². The number of nitrogens with zero attached hydrogens (tertiary/aromatic N) is 3. The third-order valence-electron chi connectivity index (χ3n) is 3.79. The second-order valence-corrected chi connectivity index (χ2v) is 5.19. The first-order valence-corrected chi connectivity index (χ1v) is 7.19. The molecule has 0 amide bonds. The summed E-state index contributed by atoms with van der Waals surface area (Å²) in [4.78, 5) is 21.4. The van der Waals surface area contributed by atoms with Crippen molar-refractivity contribution in [3.05, 3.63) is 48.3 Å². The van der Waals surface area contributed by atoms with Gasteiger partial charge >= 0.3 is 0 Å². The third-order valence-corrected chi connectivity index (χ3v) is 3.79. The van der Waals surface area contributed by atoms with Gasteiger partial charge < -0.3 is 10.2 Å². The molecule has 0 aliphatic carbocycles. The van der Waals surface area contributed by atoms with Crippen molar-refractivity contribution in [2.45, 2.75) is 18.9 Å². The van der Waals surface area contributed by atoms with Crippen LogP contribution in [0.1, 0.15) is 23.2 Å². The lowest BCUT2D eigenvalue weighted by Crippen LogP contribution is -2.39. The molecule has 5 nitrogen and oxygen atoms in total. The topological polar surface area (TPSA) is 58.1 Å². The Balaban J connectivity index is 1.56. The van der Waals surface area contributed by atoms with Gasteiger partial charge in [-0.15, -0.1) is 0 Å². The van der Waals surface area contributed by atoms with Gasteiger partial charge in [-0.1, -0.05) is 0 Å². The smallest absolute Gasteiger partial charge is 0.222 e. The molecule has 0 saturated carbocycles. The van der Waals surface area contributed by atoms with Crippen LogP contribution in [0.25, 0.3) is 0 Å².